The summed E-state index contributed by atoms with van der Waals surface area (Å²) in [7, 11) is 1.38. The van der Waals surface area contributed by atoms with Gasteiger partial charge in [0, 0.05) is 35.9 Å². The number of hydrogen-bond donors (Lipinski definition) is 0. The minimum Gasteiger partial charge on any atom is -0.465 e. The zero-order valence-electron chi connectivity index (χ0n) is 20.6. The number of carbonyl (C=O) groups excluding carboxylic acids is 1. The van der Waals surface area contributed by atoms with E-state index in [9.17, 15) is 9.18 Å². The third-order valence-electron chi connectivity index (χ3n) is 7.32. The first kappa shape index (κ1) is 23.4. The molecule has 2 aromatic carbocycles. The average molecular weight is 500 g/mol. The molecule has 5 aromatic rings. The predicted molar refractivity (Wildman–Crippen MR) is 137 cm³/mol. The van der Waals surface area contributed by atoms with E-state index in [1.54, 1.807) is 12.3 Å². The summed E-state index contributed by atoms with van der Waals surface area (Å²) in [5.74, 6) is 0.255. The van der Waals surface area contributed by atoms with Crippen LogP contribution < -0.4 is 0 Å². The lowest BCUT2D eigenvalue weighted by Gasteiger charge is -2.33. The van der Waals surface area contributed by atoms with Crippen molar-refractivity contribution in [1.82, 2.24) is 14.7 Å². The average Bonchev–Trinajstić information content (AvgIpc) is 3.50. The highest BCUT2D eigenvalue weighted by molar-refractivity contribution is 6.08. The summed E-state index contributed by atoms with van der Waals surface area (Å²) in [5, 5.41) is 4.86. The molecule has 0 spiro atoms. The topological polar surface area (TPSA) is 79.4 Å². The summed E-state index contributed by atoms with van der Waals surface area (Å²) in [6.45, 7) is 3.20. The Kier molecular flexibility index (Phi) is 5.96. The summed E-state index contributed by atoms with van der Waals surface area (Å²) in [6.07, 6.45) is 5.23. The number of methoxy groups -OCH3 is 1. The van der Waals surface area contributed by atoms with Gasteiger partial charge >= 0.3 is 5.97 Å². The van der Waals surface area contributed by atoms with Crippen LogP contribution in [0.1, 0.15) is 40.6 Å². The lowest BCUT2D eigenvalue weighted by atomic mass is 9.86. The number of nitrogens with zero attached hydrogens (tertiary/aromatic N) is 3. The van der Waals surface area contributed by atoms with Gasteiger partial charge in [0.05, 0.1) is 41.5 Å². The Balaban J connectivity index is 1.67. The summed E-state index contributed by atoms with van der Waals surface area (Å²) >= 11 is 0. The van der Waals surface area contributed by atoms with Gasteiger partial charge in [0.2, 0.25) is 0 Å². The van der Waals surface area contributed by atoms with Gasteiger partial charge in [-0.1, -0.05) is 17.3 Å². The molecule has 188 valence electrons. The Hall–Kier alpha value is -4.04. The van der Waals surface area contributed by atoms with Crippen LogP contribution in [0.3, 0.4) is 0 Å². The Bertz CT molecular complexity index is 1600. The fraction of sp³-hybridized carbons (Fsp3) is 0.276. The van der Waals surface area contributed by atoms with E-state index < -0.39 is 5.97 Å². The molecule has 0 radical (unpaired) electrons. The van der Waals surface area contributed by atoms with E-state index >= 15 is 0 Å². The number of fused-ring (bicyclic) bond motifs is 3. The van der Waals surface area contributed by atoms with Crippen LogP contribution >= 0.6 is 0 Å². The molecular weight excluding hydrogens is 473 g/mol. The van der Waals surface area contributed by atoms with Gasteiger partial charge in [0.25, 0.3) is 0 Å². The van der Waals surface area contributed by atoms with Crippen molar-refractivity contribution in [1.29, 1.82) is 0 Å². The van der Waals surface area contributed by atoms with Crippen LogP contribution in [-0.2, 0) is 9.47 Å². The third kappa shape index (κ3) is 4.07. The molecule has 0 bridgehead atoms. The van der Waals surface area contributed by atoms with E-state index in [1.165, 1.54) is 19.2 Å². The van der Waals surface area contributed by atoms with E-state index in [4.69, 9.17) is 19.0 Å². The maximum Gasteiger partial charge on any atom is 0.337 e. The monoisotopic (exact) mass is 499 g/mol. The van der Waals surface area contributed by atoms with Crippen molar-refractivity contribution in [2.75, 3.05) is 20.3 Å². The van der Waals surface area contributed by atoms with Gasteiger partial charge in [-0.2, -0.15) is 0 Å². The first-order valence-electron chi connectivity index (χ1n) is 12.3. The summed E-state index contributed by atoms with van der Waals surface area (Å²) < 4.78 is 32.2. The second kappa shape index (κ2) is 9.44. The number of rotatable bonds is 5. The molecule has 1 aliphatic heterocycles. The highest BCUT2D eigenvalue weighted by Crippen LogP contribution is 2.41. The molecule has 0 aliphatic carbocycles. The molecule has 7 nitrogen and oxygen atoms in total. The molecule has 4 heterocycles. The lowest BCUT2D eigenvalue weighted by molar-refractivity contribution is 0.0552. The molecule has 1 atom stereocenters. The number of aryl methyl sites for hydroxylation is 1. The molecule has 0 amide bonds. The van der Waals surface area contributed by atoms with Crippen LogP contribution in [0.15, 0.2) is 65.4 Å². The van der Waals surface area contributed by atoms with Gasteiger partial charge < -0.3 is 18.6 Å². The van der Waals surface area contributed by atoms with Crippen molar-refractivity contribution in [2.24, 2.45) is 5.92 Å². The number of carbonyl (C=O) groups is 1. The molecule has 1 fully saturated rings. The number of esters is 1. The van der Waals surface area contributed by atoms with Gasteiger partial charge in [0.15, 0.2) is 0 Å². The van der Waals surface area contributed by atoms with Crippen LogP contribution in [0.2, 0.25) is 0 Å². The van der Waals surface area contributed by atoms with Crippen LogP contribution in [0.5, 0.6) is 0 Å². The number of pyridine rings is 1. The molecule has 3 aromatic heterocycles. The van der Waals surface area contributed by atoms with Gasteiger partial charge in [-0.3, -0.25) is 4.98 Å². The summed E-state index contributed by atoms with van der Waals surface area (Å²) in [6, 6.07) is 14.2. The number of ether oxygens (including phenoxy) is 2. The summed E-state index contributed by atoms with van der Waals surface area (Å²) in [4.78, 5) is 17.4. The molecule has 1 unspecified atom stereocenters. The maximum atomic E-state index is 14.0. The molecule has 37 heavy (non-hydrogen) atoms. The lowest BCUT2D eigenvalue weighted by Crippen LogP contribution is -2.27. The van der Waals surface area contributed by atoms with Crippen LogP contribution in [0.25, 0.3) is 33.1 Å². The van der Waals surface area contributed by atoms with Crippen molar-refractivity contribution in [3.05, 3.63) is 83.6 Å². The molecule has 1 saturated heterocycles. The molecule has 0 N–H and O–H groups in total. The second-order valence-corrected chi connectivity index (χ2v) is 9.43. The van der Waals surface area contributed by atoms with Crippen molar-refractivity contribution in [2.45, 2.75) is 25.8 Å². The minimum absolute atomic E-state index is 0.127. The number of aromatic nitrogens is 3. The Morgan fingerprint density at radius 2 is 1.86 bits per heavy atom. The quantitative estimate of drug-likeness (QED) is 0.272. The zero-order chi connectivity index (χ0) is 25.5. The highest BCUT2D eigenvalue weighted by Gasteiger charge is 2.30. The van der Waals surface area contributed by atoms with Crippen molar-refractivity contribution >= 4 is 27.9 Å². The largest absolute Gasteiger partial charge is 0.465 e. The van der Waals surface area contributed by atoms with E-state index in [1.807, 2.05) is 37.4 Å². The minimum atomic E-state index is -0.406. The molecule has 1 aliphatic rings. The predicted octanol–water partition coefficient (Wildman–Crippen LogP) is 6.09. The maximum absolute atomic E-state index is 14.0. The van der Waals surface area contributed by atoms with Crippen LogP contribution in [-0.4, -0.2) is 41.0 Å². The van der Waals surface area contributed by atoms with Crippen LogP contribution in [0.4, 0.5) is 4.39 Å². The van der Waals surface area contributed by atoms with E-state index in [-0.39, 0.29) is 17.8 Å². The molecular formula is C29H26FN3O4. The smallest absolute Gasteiger partial charge is 0.337 e. The molecule has 6 rings (SSSR count). The van der Waals surface area contributed by atoms with Crippen molar-refractivity contribution in [3.8, 4) is 11.1 Å². The van der Waals surface area contributed by atoms with Gasteiger partial charge in [-0.25, -0.2) is 9.18 Å². The fourth-order valence-corrected chi connectivity index (χ4v) is 5.50. The van der Waals surface area contributed by atoms with Crippen molar-refractivity contribution in [3.63, 3.8) is 0 Å². The molecule has 0 saturated carbocycles. The second-order valence-electron chi connectivity index (χ2n) is 9.43. The van der Waals surface area contributed by atoms with E-state index in [2.05, 4.69) is 15.8 Å². The fourth-order valence-electron chi connectivity index (χ4n) is 5.50. The van der Waals surface area contributed by atoms with E-state index in [0.29, 0.717) is 24.5 Å². The highest BCUT2D eigenvalue weighted by atomic mass is 19.1. The standard InChI is InChI=1S/C29H26FN3O4/c1-17-24(16-32-37-17)21-14-26-27(31-15-21)23-8-5-20(29(34)35-2)13-25(23)33(26)28(19-9-11-36-12-10-19)18-3-6-22(30)7-4-18/h3-8,13-16,19,28H,9-12H2,1-2H3. The Morgan fingerprint density at radius 1 is 1.08 bits per heavy atom. The SMILES string of the molecule is COC(=O)c1ccc2c3ncc(-c4cnoc4C)cc3n(C(c3ccc(F)cc3)C3CCOCC3)c2c1. The number of benzene rings is 2. The number of hydrogen-bond acceptors (Lipinski definition) is 6. The Labute approximate surface area is 212 Å². The van der Waals surface area contributed by atoms with E-state index in [0.717, 1.165) is 51.5 Å². The first-order chi connectivity index (χ1) is 18.0. The Morgan fingerprint density at radius 3 is 2.57 bits per heavy atom. The molecule has 8 heteroatoms. The van der Waals surface area contributed by atoms with Gasteiger partial charge in [-0.05, 0) is 67.6 Å². The van der Waals surface area contributed by atoms with Crippen molar-refractivity contribution < 1.29 is 23.2 Å². The van der Waals surface area contributed by atoms with Crippen LogP contribution in [0, 0.1) is 18.7 Å². The zero-order valence-corrected chi connectivity index (χ0v) is 20.6. The van der Waals surface area contributed by atoms with Gasteiger partial charge in [-0.15, -0.1) is 0 Å². The number of halogens is 1. The first-order valence-corrected chi connectivity index (χ1v) is 12.3. The third-order valence-corrected chi connectivity index (χ3v) is 7.32. The summed E-state index contributed by atoms with van der Waals surface area (Å²) in [5.41, 5.74) is 5.80. The van der Waals surface area contributed by atoms with Gasteiger partial charge in [0.1, 0.15) is 11.6 Å². The normalized spacial score (nSPS) is 15.3.